The van der Waals surface area contributed by atoms with E-state index in [-0.39, 0.29) is 17.1 Å². The number of nitrogens with one attached hydrogen (secondary N) is 2. The second kappa shape index (κ2) is 8.70. The zero-order valence-electron chi connectivity index (χ0n) is 13.4. The van der Waals surface area contributed by atoms with Crippen LogP contribution < -0.4 is 10.6 Å². The molecule has 6 nitrogen and oxygen atoms in total. The van der Waals surface area contributed by atoms with Gasteiger partial charge < -0.3 is 15.4 Å². The van der Waals surface area contributed by atoms with Gasteiger partial charge in [-0.3, -0.25) is 14.4 Å². The predicted octanol–water partition coefficient (Wildman–Crippen LogP) is 2.62. The summed E-state index contributed by atoms with van der Waals surface area (Å²) in [5.41, 5.74) is 0.643. The van der Waals surface area contributed by atoms with Crippen molar-refractivity contribution in [3.8, 4) is 0 Å². The Balaban J connectivity index is 3.04. The van der Waals surface area contributed by atoms with Gasteiger partial charge in [0.2, 0.25) is 5.91 Å². The highest BCUT2D eigenvalue weighted by molar-refractivity contribution is 6.33. The van der Waals surface area contributed by atoms with E-state index in [9.17, 15) is 27.6 Å². The first-order valence-electron chi connectivity index (χ1n) is 7.03. The monoisotopic (exact) mass is 380 g/mol. The Morgan fingerprint density at radius 1 is 1.28 bits per heavy atom. The maximum Gasteiger partial charge on any atom is 0.471 e. The van der Waals surface area contributed by atoms with Gasteiger partial charge in [-0.2, -0.15) is 13.2 Å². The normalized spacial score (nSPS) is 12.2. The molecule has 1 aromatic rings. The lowest BCUT2D eigenvalue weighted by atomic mass is 9.95. The molecule has 1 aromatic carbocycles. The van der Waals surface area contributed by atoms with Crippen LogP contribution in [0.4, 0.5) is 18.9 Å². The van der Waals surface area contributed by atoms with Gasteiger partial charge in [-0.15, -0.1) is 0 Å². The summed E-state index contributed by atoms with van der Waals surface area (Å²) >= 11 is 5.94. The number of hydrogen-bond donors (Lipinski definition) is 2. The number of hydrogen-bond acceptors (Lipinski definition) is 4. The van der Waals surface area contributed by atoms with Crippen LogP contribution >= 0.6 is 11.6 Å². The highest BCUT2D eigenvalue weighted by Gasteiger charge is 2.38. The van der Waals surface area contributed by atoms with Crippen molar-refractivity contribution in [2.24, 2.45) is 0 Å². The number of carbonyl (C=O) groups excluding carboxylic acids is 3. The standard InChI is InChI=1S/C15H16ClF3N2O4/c1-8(22)21-12-5-9(3-4-11(12)16)10(6-13(23)25-2)7-20-14(24)15(17,18)19/h3-5,10H,6-7H2,1-2H3,(H,20,24)(H,21,22)/t10-/m0/s1. The smallest absolute Gasteiger partial charge is 0.469 e. The lowest BCUT2D eigenvalue weighted by Gasteiger charge is -2.19. The molecule has 0 unspecified atom stereocenters. The van der Waals surface area contributed by atoms with Crippen molar-refractivity contribution in [2.75, 3.05) is 19.0 Å². The van der Waals surface area contributed by atoms with E-state index < -0.39 is 36.4 Å². The number of esters is 1. The van der Waals surface area contributed by atoms with E-state index in [0.717, 1.165) is 7.11 Å². The average molecular weight is 381 g/mol. The molecule has 0 aromatic heterocycles. The second-order valence-corrected chi connectivity index (χ2v) is 5.51. The molecule has 0 radical (unpaired) electrons. The number of anilines is 1. The molecule has 0 spiro atoms. The third-order valence-corrected chi connectivity index (χ3v) is 3.51. The fourth-order valence-corrected chi connectivity index (χ4v) is 2.16. The number of halogens is 4. The van der Waals surface area contributed by atoms with Crippen LogP contribution in [0, 0.1) is 0 Å². The zero-order chi connectivity index (χ0) is 19.2. The average Bonchev–Trinajstić information content (AvgIpc) is 2.51. The summed E-state index contributed by atoms with van der Waals surface area (Å²) in [6.45, 7) is 0.813. The highest BCUT2D eigenvalue weighted by Crippen LogP contribution is 2.29. The third kappa shape index (κ3) is 6.61. The highest BCUT2D eigenvalue weighted by atomic mass is 35.5. The predicted molar refractivity (Wildman–Crippen MR) is 84.2 cm³/mol. The maximum atomic E-state index is 12.3. The summed E-state index contributed by atoms with van der Waals surface area (Å²) in [6.07, 6.45) is -5.30. The second-order valence-electron chi connectivity index (χ2n) is 5.11. The molecular formula is C15H16ClF3N2O4. The van der Waals surface area contributed by atoms with Crippen LogP contribution in [0.15, 0.2) is 18.2 Å². The SMILES string of the molecule is COC(=O)C[C@@H](CNC(=O)C(F)(F)F)c1ccc(Cl)c(NC(C)=O)c1. The number of methoxy groups -OCH3 is 1. The van der Waals surface area contributed by atoms with E-state index in [4.69, 9.17) is 11.6 Å². The molecule has 0 bridgehead atoms. The molecule has 1 atom stereocenters. The van der Waals surface area contributed by atoms with Crippen molar-refractivity contribution in [3.05, 3.63) is 28.8 Å². The van der Waals surface area contributed by atoms with Gasteiger partial charge in [0.1, 0.15) is 0 Å². The first-order valence-corrected chi connectivity index (χ1v) is 7.41. The van der Waals surface area contributed by atoms with Crippen molar-refractivity contribution < 1.29 is 32.3 Å². The van der Waals surface area contributed by atoms with Gasteiger partial charge in [-0.05, 0) is 17.7 Å². The van der Waals surface area contributed by atoms with Gasteiger partial charge in [0.15, 0.2) is 0 Å². The molecule has 25 heavy (non-hydrogen) atoms. The molecule has 2 amide bonds. The van der Waals surface area contributed by atoms with E-state index in [1.807, 2.05) is 0 Å². The first-order chi connectivity index (χ1) is 11.5. The molecule has 0 saturated carbocycles. The molecule has 138 valence electrons. The van der Waals surface area contributed by atoms with Crippen molar-refractivity contribution in [3.63, 3.8) is 0 Å². The Bertz CT molecular complexity index is 665. The lowest BCUT2D eigenvalue weighted by Crippen LogP contribution is -2.39. The number of rotatable bonds is 6. The van der Waals surface area contributed by atoms with Gasteiger partial charge in [0.05, 0.1) is 24.2 Å². The van der Waals surface area contributed by atoms with Gasteiger partial charge in [-0.25, -0.2) is 0 Å². The summed E-state index contributed by atoms with van der Waals surface area (Å²) < 4.78 is 41.5. The van der Waals surface area contributed by atoms with Crippen molar-refractivity contribution in [2.45, 2.75) is 25.4 Å². The van der Waals surface area contributed by atoms with Gasteiger partial charge in [0.25, 0.3) is 0 Å². The first kappa shape index (κ1) is 20.8. The minimum absolute atomic E-state index is 0.218. The largest absolute Gasteiger partial charge is 0.471 e. The Labute approximate surface area is 146 Å². The molecule has 2 N–H and O–H groups in total. The van der Waals surface area contributed by atoms with Crippen LogP contribution in [0.1, 0.15) is 24.8 Å². The molecule has 1 rings (SSSR count). The molecule has 0 heterocycles. The van der Waals surface area contributed by atoms with Crippen molar-refractivity contribution >= 4 is 35.1 Å². The zero-order valence-corrected chi connectivity index (χ0v) is 14.1. The van der Waals surface area contributed by atoms with Crippen molar-refractivity contribution in [1.29, 1.82) is 0 Å². The number of benzene rings is 1. The number of carbonyl (C=O) groups is 3. The summed E-state index contributed by atoms with van der Waals surface area (Å²) in [4.78, 5) is 33.7. The van der Waals surface area contributed by atoms with Crippen LogP contribution in [0.25, 0.3) is 0 Å². The fraction of sp³-hybridized carbons (Fsp3) is 0.400. The Morgan fingerprint density at radius 3 is 2.44 bits per heavy atom. The number of alkyl halides is 3. The van der Waals surface area contributed by atoms with E-state index in [1.165, 1.54) is 25.1 Å². The van der Waals surface area contributed by atoms with Crippen LogP contribution in [-0.4, -0.2) is 37.6 Å². The minimum Gasteiger partial charge on any atom is -0.469 e. The molecular weight excluding hydrogens is 365 g/mol. The van der Waals surface area contributed by atoms with E-state index in [1.54, 1.807) is 5.32 Å². The van der Waals surface area contributed by atoms with Gasteiger partial charge in [0, 0.05) is 19.4 Å². The number of amides is 2. The van der Waals surface area contributed by atoms with Crippen LogP contribution in [0.5, 0.6) is 0 Å². The van der Waals surface area contributed by atoms with Crippen molar-refractivity contribution in [1.82, 2.24) is 5.32 Å². The molecule has 0 aliphatic heterocycles. The quantitative estimate of drug-likeness (QED) is 0.743. The summed E-state index contributed by atoms with van der Waals surface area (Å²) in [6, 6.07) is 4.34. The molecule has 0 fully saturated rings. The van der Waals surface area contributed by atoms with E-state index >= 15 is 0 Å². The Hall–Kier alpha value is -2.29. The van der Waals surface area contributed by atoms with Gasteiger partial charge in [-0.1, -0.05) is 17.7 Å². The molecule has 0 saturated heterocycles. The molecule has 10 heteroatoms. The maximum absolute atomic E-state index is 12.3. The van der Waals surface area contributed by atoms with Gasteiger partial charge >= 0.3 is 18.1 Å². The van der Waals surface area contributed by atoms with E-state index in [2.05, 4.69) is 10.1 Å². The van der Waals surface area contributed by atoms with Crippen LogP contribution in [0.3, 0.4) is 0 Å². The summed E-state index contributed by atoms with van der Waals surface area (Å²) in [7, 11) is 1.14. The Kier molecular flexibility index (Phi) is 7.22. The summed E-state index contributed by atoms with van der Waals surface area (Å²) in [5, 5.41) is 4.42. The fourth-order valence-electron chi connectivity index (χ4n) is 1.99. The topological polar surface area (TPSA) is 84.5 Å². The minimum atomic E-state index is -5.03. The van der Waals surface area contributed by atoms with E-state index in [0.29, 0.717) is 5.56 Å². The lowest BCUT2D eigenvalue weighted by molar-refractivity contribution is -0.173. The third-order valence-electron chi connectivity index (χ3n) is 3.18. The molecule has 0 aliphatic rings. The molecule has 0 aliphatic carbocycles. The van der Waals surface area contributed by atoms with Crippen LogP contribution in [-0.2, 0) is 19.1 Å². The van der Waals surface area contributed by atoms with Crippen LogP contribution in [0.2, 0.25) is 5.02 Å². The number of ether oxygens (including phenoxy) is 1. The summed E-state index contributed by atoms with van der Waals surface area (Å²) in [5.74, 6) is -3.97. The Morgan fingerprint density at radius 2 is 1.92 bits per heavy atom.